The van der Waals surface area contributed by atoms with Gasteiger partial charge in [-0.1, -0.05) is 29.8 Å². The fraction of sp³-hybridized carbons (Fsp3) is 0.400. The molecule has 2 aromatic rings. The number of benzene rings is 1. The Morgan fingerprint density at radius 2 is 2.30 bits per heavy atom. The molecule has 0 radical (unpaired) electrons. The molecule has 3 nitrogen and oxygen atoms in total. The number of thiazole rings is 1. The van der Waals surface area contributed by atoms with E-state index >= 15 is 0 Å². The van der Waals surface area contributed by atoms with Gasteiger partial charge in [0.1, 0.15) is 5.01 Å². The fourth-order valence-corrected chi connectivity index (χ4v) is 3.60. The Bertz CT molecular complexity index is 584. The van der Waals surface area contributed by atoms with Crippen LogP contribution < -0.4 is 5.32 Å². The first-order chi connectivity index (χ1) is 9.74. The molecule has 1 aromatic carbocycles. The molecule has 20 heavy (non-hydrogen) atoms. The number of piperazine rings is 1. The highest BCUT2D eigenvalue weighted by atomic mass is 35.5. The summed E-state index contributed by atoms with van der Waals surface area (Å²) in [6.45, 7) is 6.38. The predicted molar refractivity (Wildman–Crippen MR) is 85.3 cm³/mol. The zero-order chi connectivity index (χ0) is 13.9. The quantitative estimate of drug-likeness (QED) is 0.943. The molecule has 1 aliphatic heterocycles. The minimum atomic E-state index is 0.564. The van der Waals surface area contributed by atoms with Crippen LogP contribution in [0.3, 0.4) is 0 Å². The molecule has 0 unspecified atom stereocenters. The van der Waals surface area contributed by atoms with E-state index in [1.807, 2.05) is 24.3 Å². The molecule has 1 aliphatic rings. The first-order valence-electron chi connectivity index (χ1n) is 6.88. The number of hydrogen-bond donors (Lipinski definition) is 1. The Hall–Kier alpha value is -0.940. The van der Waals surface area contributed by atoms with Crippen molar-refractivity contribution in [3.8, 4) is 10.6 Å². The van der Waals surface area contributed by atoms with Gasteiger partial charge in [0.05, 0.1) is 10.7 Å². The summed E-state index contributed by atoms with van der Waals surface area (Å²) in [4.78, 5) is 7.22. The summed E-state index contributed by atoms with van der Waals surface area (Å²) in [6, 6.07) is 8.45. The van der Waals surface area contributed by atoms with Crippen LogP contribution in [0.4, 0.5) is 0 Å². The van der Waals surface area contributed by atoms with Crippen molar-refractivity contribution >= 4 is 22.9 Å². The van der Waals surface area contributed by atoms with Crippen molar-refractivity contribution < 1.29 is 0 Å². The van der Waals surface area contributed by atoms with Gasteiger partial charge >= 0.3 is 0 Å². The van der Waals surface area contributed by atoms with E-state index in [0.29, 0.717) is 6.04 Å². The molecule has 2 heterocycles. The normalized spacial score (nSPS) is 20.2. The predicted octanol–water partition coefficient (Wildman–Crippen LogP) is 3.26. The SMILES string of the molecule is C[C@H]1CNCCN1Cc1csc(-c2ccccc2Cl)n1. The Balaban J connectivity index is 1.75. The van der Waals surface area contributed by atoms with Crippen LogP contribution in [0.25, 0.3) is 10.6 Å². The fourth-order valence-electron chi connectivity index (χ4n) is 2.46. The molecule has 5 heteroatoms. The van der Waals surface area contributed by atoms with Gasteiger partial charge in [0.2, 0.25) is 0 Å². The van der Waals surface area contributed by atoms with Crippen LogP contribution in [0.1, 0.15) is 12.6 Å². The molecule has 0 bridgehead atoms. The highest BCUT2D eigenvalue weighted by Crippen LogP contribution is 2.30. The largest absolute Gasteiger partial charge is 0.314 e. The molecule has 3 rings (SSSR count). The van der Waals surface area contributed by atoms with Crippen LogP contribution in [-0.2, 0) is 6.54 Å². The average Bonchev–Trinajstić information content (AvgIpc) is 2.90. The van der Waals surface area contributed by atoms with E-state index in [4.69, 9.17) is 16.6 Å². The number of rotatable bonds is 3. The van der Waals surface area contributed by atoms with Crippen molar-refractivity contribution in [1.82, 2.24) is 15.2 Å². The molecule has 1 saturated heterocycles. The molecule has 106 valence electrons. The van der Waals surface area contributed by atoms with Gasteiger partial charge in [-0.05, 0) is 13.0 Å². The van der Waals surface area contributed by atoms with Gasteiger partial charge in [-0.3, -0.25) is 4.90 Å². The summed E-state index contributed by atoms with van der Waals surface area (Å²) in [6.07, 6.45) is 0. The summed E-state index contributed by atoms with van der Waals surface area (Å²) >= 11 is 7.90. The smallest absolute Gasteiger partial charge is 0.125 e. The lowest BCUT2D eigenvalue weighted by molar-refractivity contribution is 0.164. The van der Waals surface area contributed by atoms with E-state index < -0.39 is 0 Å². The Morgan fingerprint density at radius 1 is 1.45 bits per heavy atom. The molecule has 1 N–H and O–H groups in total. The lowest BCUT2D eigenvalue weighted by atomic mass is 10.2. The van der Waals surface area contributed by atoms with Crippen LogP contribution in [0.5, 0.6) is 0 Å². The molecule has 1 atom stereocenters. The van der Waals surface area contributed by atoms with Crippen molar-refractivity contribution in [2.75, 3.05) is 19.6 Å². The standard InChI is InChI=1S/C15H18ClN3S/c1-11-8-17-6-7-19(11)9-12-10-20-15(18-12)13-4-2-3-5-14(13)16/h2-5,10-11,17H,6-9H2,1H3/t11-/m0/s1. The third-order valence-electron chi connectivity index (χ3n) is 3.66. The van der Waals surface area contributed by atoms with Crippen molar-refractivity contribution in [2.45, 2.75) is 19.5 Å². The second kappa shape index (κ2) is 6.22. The zero-order valence-electron chi connectivity index (χ0n) is 11.5. The average molecular weight is 308 g/mol. The maximum absolute atomic E-state index is 6.23. The Morgan fingerprint density at radius 3 is 3.10 bits per heavy atom. The van der Waals surface area contributed by atoms with E-state index in [-0.39, 0.29) is 0 Å². The lowest BCUT2D eigenvalue weighted by Crippen LogP contribution is -2.49. The zero-order valence-corrected chi connectivity index (χ0v) is 13.0. The monoisotopic (exact) mass is 307 g/mol. The summed E-state index contributed by atoms with van der Waals surface area (Å²) in [5, 5.41) is 7.33. The number of halogens is 1. The second-order valence-corrected chi connectivity index (χ2v) is 6.41. The maximum Gasteiger partial charge on any atom is 0.125 e. The number of hydrogen-bond acceptors (Lipinski definition) is 4. The maximum atomic E-state index is 6.23. The third kappa shape index (κ3) is 3.04. The third-order valence-corrected chi connectivity index (χ3v) is 4.91. The summed E-state index contributed by atoms with van der Waals surface area (Å²) < 4.78 is 0. The van der Waals surface area contributed by atoms with Gasteiger partial charge in [0.25, 0.3) is 0 Å². The van der Waals surface area contributed by atoms with Gasteiger partial charge in [0.15, 0.2) is 0 Å². The highest BCUT2D eigenvalue weighted by molar-refractivity contribution is 7.13. The highest BCUT2D eigenvalue weighted by Gasteiger charge is 2.19. The molecule has 0 aliphatic carbocycles. The Labute approximate surface area is 128 Å². The number of nitrogens with one attached hydrogen (secondary N) is 1. The van der Waals surface area contributed by atoms with E-state index in [9.17, 15) is 0 Å². The van der Waals surface area contributed by atoms with Crippen LogP contribution in [0.2, 0.25) is 5.02 Å². The molecule has 0 saturated carbocycles. The number of nitrogens with zero attached hydrogens (tertiary/aromatic N) is 2. The van der Waals surface area contributed by atoms with Gasteiger partial charge in [-0.2, -0.15) is 0 Å². The molecular weight excluding hydrogens is 290 g/mol. The van der Waals surface area contributed by atoms with Crippen LogP contribution in [-0.4, -0.2) is 35.6 Å². The van der Waals surface area contributed by atoms with Gasteiger partial charge in [0, 0.05) is 43.2 Å². The Kier molecular flexibility index (Phi) is 4.36. The minimum Gasteiger partial charge on any atom is -0.314 e. The van der Waals surface area contributed by atoms with Crippen molar-refractivity contribution in [2.24, 2.45) is 0 Å². The lowest BCUT2D eigenvalue weighted by Gasteiger charge is -2.33. The molecule has 1 aromatic heterocycles. The van der Waals surface area contributed by atoms with Crippen LogP contribution in [0.15, 0.2) is 29.6 Å². The van der Waals surface area contributed by atoms with Crippen LogP contribution in [0, 0.1) is 0 Å². The summed E-state index contributed by atoms with van der Waals surface area (Å²) in [5.41, 5.74) is 2.16. The first kappa shape index (κ1) is 14.0. The summed E-state index contributed by atoms with van der Waals surface area (Å²) in [7, 11) is 0. The van der Waals surface area contributed by atoms with E-state index in [1.165, 1.54) is 0 Å². The topological polar surface area (TPSA) is 28.2 Å². The molecular formula is C15H18ClN3S. The molecule has 0 spiro atoms. The summed E-state index contributed by atoms with van der Waals surface area (Å²) in [5.74, 6) is 0. The van der Waals surface area contributed by atoms with Gasteiger partial charge in [-0.25, -0.2) is 4.98 Å². The second-order valence-electron chi connectivity index (χ2n) is 5.15. The van der Waals surface area contributed by atoms with Crippen molar-refractivity contribution in [3.63, 3.8) is 0 Å². The van der Waals surface area contributed by atoms with Crippen LogP contribution >= 0.6 is 22.9 Å². The van der Waals surface area contributed by atoms with E-state index in [1.54, 1.807) is 11.3 Å². The number of aromatic nitrogens is 1. The minimum absolute atomic E-state index is 0.564. The van der Waals surface area contributed by atoms with Gasteiger partial charge in [-0.15, -0.1) is 11.3 Å². The van der Waals surface area contributed by atoms with E-state index in [2.05, 4.69) is 22.5 Å². The van der Waals surface area contributed by atoms with Gasteiger partial charge < -0.3 is 5.32 Å². The molecule has 1 fully saturated rings. The van der Waals surface area contributed by atoms with E-state index in [0.717, 1.165) is 47.5 Å². The van der Waals surface area contributed by atoms with Crippen molar-refractivity contribution in [1.29, 1.82) is 0 Å². The van der Waals surface area contributed by atoms with Crippen molar-refractivity contribution in [3.05, 3.63) is 40.4 Å². The molecule has 0 amide bonds. The first-order valence-corrected chi connectivity index (χ1v) is 8.14.